The van der Waals surface area contributed by atoms with Crippen LogP contribution < -0.4 is 0 Å². The molecule has 0 aliphatic heterocycles. The number of nitrogens with zero attached hydrogens (tertiary/aromatic N) is 1. The van der Waals surface area contributed by atoms with Gasteiger partial charge in [0, 0.05) is 4.92 Å². The first-order valence-electron chi connectivity index (χ1n) is 7.12. The summed E-state index contributed by atoms with van der Waals surface area (Å²) in [4.78, 5) is 22.6. The van der Waals surface area contributed by atoms with Crippen LogP contribution in [0.4, 0.5) is 0 Å². The van der Waals surface area contributed by atoms with Crippen LogP contribution in [0.1, 0.15) is 49.3 Å². The van der Waals surface area contributed by atoms with Gasteiger partial charge in [-0.1, -0.05) is 37.6 Å². The zero-order valence-electron chi connectivity index (χ0n) is 11.9. The van der Waals surface area contributed by atoms with E-state index in [1.165, 1.54) is 0 Å². The maximum atomic E-state index is 11.8. The molecule has 0 amide bonds. The summed E-state index contributed by atoms with van der Waals surface area (Å²) in [5, 5.41) is 21.3. The van der Waals surface area contributed by atoms with E-state index in [4.69, 9.17) is 4.74 Å². The van der Waals surface area contributed by atoms with Gasteiger partial charge in [0.1, 0.15) is 6.10 Å². The van der Waals surface area contributed by atoms with E-state index in [-0.39, 0.29) is 6.42 Å². The van der Waals surface area contributed by atoms with Crippen molar-refractivity contribution < 1.29 is 19.6 Å². The Balaban J connectivity index is 2.15. The summed E-state index contributed by atoms with van der Waals surface area (Å²) < 4.78 is 5.08. The van der Waals surface area contributed by atoms with Gasteiger partial charge in [0.2, 0.25) is 6.04 Å². The van der Waals surface area contributed by atoms with Gasteiger partial charge in [-0.25, -0.2) is 0 Å². The van der Waals surface area contributed by atoms with Crippen molar-refractivity contribution in [3.63, 3.8) is 0 Å². The van der Waals surface area contributed by atoms with Gasteiger partial charge in [-0.05, 0) is 17.5 Å². The number of esters is 1. The van der Waals surface area contributed by atoms with Crippen LogP contribution in [0.15, 0.2) is 24.3 Å². The standard InChI is InChI=1S/C15H19NO5/c1-2-3-8-21-13(17)9-12-10-6-4-5-7-11(10)15(18)14(12)16(19)20/h4-7,12,14-15,18H,2-3,8-9H2,1H3/t12-,14+,15+/m1/s1. The van der Waals surface area contributed by atoms with Gasteiger partial charge in [0.05, 0.1) is 18.9 Å². The second-order valence-corrected chi connectivity index (χ2v) is 5.23. The summed E-state index contributed by atoms with van der Waals surface area (Å²) >= 11 is 0. The SMILES string of the molecule is CCCCOC(=O)C[C@@H]1c2ccccc2[C@H](O)[C@H]1[N+](=O)[O-]. The van der Waals surface area contributed by atoms with Crippen LogP contribution in [0.5, 0.6) is 0 Å². The molecule has 1 aromatic carbocycles. The Morgan fingerprint density at radius 2 is 2.05 bits per heavy atom. The van der Waals surface area contributed by atoms with Crippen molar-refractivity contribution in [2.45, 2.75) is 44.2 Å². The molecule has 3 atom stereocenters. The molecular formula is C15H19NO5. The number of carbonyl (C=O) groups is 1. The van der Waals surface area contributed by atoms with Crippen LogP contribution in [0, 0.1) is 10.1 Å². The number of hydrogen-bond acceptors (Lipinski definition) is 5. The fourth-order valence-corrected chi connectivity index (χ4v) is 2.77. The molecule has 0 aromatic heterocycles. The minimum atomic E-state index is -1.19. The third-order valence-corrected chi connectivity index (χ3v) is 3.84. The van der Waals surface area contributed by atoms with Crippen LogP contribution in [0.2, 0.25) is 0 Å². The minimum absolute atomic E-state index is 0.0799. The summed E-state index contributed by atoms with van der Waals surface area (Å²) in [6, 6.07) is 5.68. The molecule has 6 heteroatoms. The summed E-state index contributed by atoms with van der Waals surface area (Å²) in [6.07, 6.45) is 0.428. The number of carbonyl (C=O) groups excluding carboxylic acids is 1. The molecule has 1 aromatic rings. The van der Waals surface area contributed by atoms with Crippen LogP contribution in [-0.4, -0.2) is 28.6 Å². The van der Waals surface area contributed by atoms with E-state index < -0.39 is 29.0 Å². The van der Waals surface area contributed by atoms with E-state index in [9.17, 15) is 20.0 Å². The highest BCUT2D eigenvalue weighted by Gasteiger charge is 2.48. The molecule has 0 spiro atoms. The van der Waals surface area contributed by atoms with Crippen LogP contribution in [0.3, 0.4) is 0 Å². The van der Waals surface area contributed by atoms with Gasteiger partial charge in [0.15, 0.2) is 0 Å². The molecule has 0 bridgehead atoms. The molecule has 2 rings (SSSR count). The maximum Gasteiger partial charge on any atom is 0.306 e. The molecule has 1 aliphatic rings. The fourth-order valence-electron chi connectivity index (χ4n) is 2.77. The normalized spacial score (nSPS) is 23.6. The number of fused-ring (bicyclic) bond motifs is 1. The maximum absolute atomic E-state index is 11.8. The lowest BCUT2D eigenvalue weighted by Gasteiger charge is -2.15. The molecule has 0 heterocycles. The van der Waals surface area contributed by atoms with Crippen molar-refractivity contribution >= 4 is 5.97 Å². The molecule has 1 N–H and O–H groups in total. The lowest BCUT2D eigenvalue weighted by Crippen LogP contribution is -2.29. The van der Waals surface area contributed by atoms with E-state index in [1.54, 1.807) is 24.3 Å². The van der Waals surface area contributed by atoms with Gasteiger partial charge >= 0.3 is 5.97 Å². The Labute approximate surface area is 122 Å². The molecule has 0 saturated heterocycles. The minimum Gasteiger partial charge on any atom is -0.466 e. The number of hydrogen-bond donors (Lipinski definition) is 1. The Hall–Kier alpha value is -1.95. The number of nitro groups is 1. The summed E-state index contributed by atoms with van der Waals surface area (Å²) in [6.45, 7) is 2.32. The predicted molar refractivity (Wildman–Crippen MR) is 75.4 cm³/mol. The third kappa shape index (κ3) is 3.21. The molecule has 6 nitrogen and oxygen atoms in total. The monoisotopic (exact) mass is 293 g/mol. The summed E-state index contributed by atoms with van der Waals surface area (Å²) in [5.41, 5.74) is 1.20. The van der Waals surface area contributed by atoms with Crippen LogP contribution in [-0.2, 0) is 9.53 Å². The quantitative estimate of drug-likeness (QED) is 0.376. The number of benzene rings is 1. The number of ether oxygens (including phenoxy) is 1. The van der Waals surface area contributed by atoms with E-state index in [0.717, 1.165) is 12.8 Å². The van der Waals surface area contributed by atoms with Gasteiger partial charge in [0.25, 0.3) is 0 Å². The fraction of sp³-hybridized carbons (Fsp3) is 0.533. The predicted octanol–water partition coefficient (Wildman–Crippen LogP) is 2.20. The van der Waals surface area contributed by atoms with Gasteiger partial charge < -0.3 is 9.84 Å². The molecule has 1 aliphatic carbocycles. The van der Waals surface area contributed by atoms with Crippen molar-refractivity contribution in [3.05, 3.63) is 45.5 Å². The van der Waals surface area contributed by atoms with Gasteiger partial charge in [-0.2, -0.15) is 0 Å². The zero-order chi connectivity index (χ0) is 15.4. The van der Waals surface area contributed by atoms with Crippen LogP contribution >= 0.6 is 0 Å². The Morgan fingerprint density at radius 3 is 2.67 bits per heavy atom. The molecule has 21 heavy (non-hydrogen) atoms. The summed E-state index contributed by atoms with van der Waals surface area (Å²) in [7, 11) is 0. The largest absolute Gasteiger partial charge is 0.466 e. The van der Waals surface area contributed by atoms with E-state index in [1.807, 2.05) is 6.92 Å². The van der Waals surface area contributed by atoms with Crippen LogP contribution in [0.25, 0.3) is 0 Å². The van der Waals surface area contributed by atoms with E-state index in [2.05, 4.69) is 0 Å². The first-order chi connectivity index (χ1) is 10.1. The van der Waals surface area contributed by atoms with Gasteiger partial charge in [-0.15, -0.1) is 0 Å². The zero-order valence-corrected chi connectivity index (χ0v) is 11.9. The number of unbranched alkanes of at least 4 members (excludes halogenated alkanes) is 1. The van der Waals surface area contributed by atoms with E-state index in [0.29, 0.717) is 17.7 Å². The second kappa shape index (κ2) is 6.67. The lowest BCUT2D eigenvalue weighted by atomic mass is 9.95. The smallest absolute Gasteiger partial charge is 0.306 e. The van der Waals surface area contributed by atoms with Gasteiger partial charge in [-0.3, -0.25) is 14.9 Å². The molecule has 0 radical (unpaired) electrons. The topological polar surface area (TPSA) is 89.7 Å². The van der Waals surface area contributed by atoms with Crippen molar-refractivity contribution in [2.75, 3.05) is 6.61 Å². The number of aliphatic hydroxyl groups excluding tert-OH is 1. The number of aliphatic hydroxyl groups is 1. The van der Waals surface area contributed by atoms with Crippen molar-refractivity contribution in [2.24, 2.45) is 0 Å². The lowest BCUT2D eigenvalue weighted by molar-refractivity contribution is -0.537. The third-order valence-electron chi connectivity index (χ3n) is 3.84. The first-order valence-corrected chi connectivity index (χ1v) is 7.12. The van der Waals surface area contributed by atoms with Crippen molar-refractivity contribution in [3.8, 4) is 0 Å². The molecule has 0 unspecified atom stereocenters. The van der Waals surface area contributed by atoms with Crippen molar-refractivity contribution in [1.29, 1.82) is 0 Å². The van der Waals surface area contributed by atoms with E-state index >= 15 is 0 Å². The molecule has 0 fully saturated rings. The second-order valence-electron chi connectivity index (χ2n) is 5.23. The highest BCUT2D eigenvalue weighted by molar-refractivity contribution is 5.71. The first kappa shape index (κ1) is 15.4. The molecule has 0 saturated carbocycles. The molecular weight excluding hydrogens is 274 g/mol. The highest BCUT2D eigenvalue weighted by Crippen LogP contribution is 2.43. The summed E-state index contributed by atoms with van der Waals surface area (Å²) in [5.74, 6) is -1.09. The number of rotatable bonds is 6. The van der Waals surface area contributed by atoms with Crippen molar-refractivity contribution in [1.82, 2.24) is 0 Å². The highest BCUT2D eigenvalue weighted by atomic mass is 16.6. The molecule has 114 valence electrons. The Morgan fingerprint density at radius 1 is 1.38 bits per heavy atom. The Kier molecular flexibility index (Phi) is 4.90. The Bertz CT molecular complexity index is 531. The average molecular weight is 293 g/mol. The average Bonchev–Trinajstić information content (AvgIpc) is 2.73.